The molecule has 0 bridgehead atoms. The largest absolute Gasteiger partial charge is 0.368 e. The molecule has 0 spiro atoms. The van der Waals surface area contributed by atoms with E-state index in [1.54, 1.807) is 6.08 Å². The second kappa shape index (κ2) is 1.84. The molecule has 1 atom stereocenters. The molecule has 0 radical (unpaired) electrons. The van der Waals surface area contributed by atoms with Crippen molar-refractivity contribution in [2.24, 2.45) is 0 Å². The van der Waals surface area contributed by atoms with Crippen molar-refractivity contribution in [3.63, 3.8) is 0 Å². The molecule has 1 fully saturated rings. The topological polar surface area (TPSA) is 3.24 Å². The third kappa shape index (κ3) is 0.681. The zero-order valence-electron chi connectivity index (χ0n) is 5.81. The van der Waals surface area contributed by atoms with Crippen molar-refractivity contribution < 1.29 is 4.39 Å². The molecular weight excluding hydrogens is 129 g/mol. The lowest BCUT2D eigenvalue weighted by molar-refractivity contribution is 0.317. The van der Waals surface area contributed by atoms with Crippen molar-refractivity contribution in [1.29, 1.82) is 0 Å². The van der Waals surface area contributed by atoms with Gasteiger partial charge >= 0.3 is 0 Å². The first-order chi connectivity index (χ1) is 4.77. The Hall–Kier alpha value is -0.790. The predicted octanol–water partition coefficient (Wildman–Crippen LogP) is 1.48. The molecule has 0 unspecified atom stereocenters. The number of nitrogens with zero attached hydrogens (tertiary/aromatic N) is 1. The molecule has 2 aliphatic heterocycles. The molecule has 2 heterocycles. The summed E-state index contributed by atoms with van der Waals surface area (Å²) in [6.45, 7) is 5.37. The Morgan fingerprint density at radius 1 is 1.70 bits per heavy atom. The van der Waals surface area contributed by atoms with E-state index in [2.05, 4.69) is 11.5 Å². The van der Waals surface area contributed by atoms with Crippen molar-refractivity contribution in [3.05, 3.63) is 23.9 Å². The van der Waals surface area contributed by atoms with E-state index in [9.17, 15) is 4.39 Å². The second-order valence-electron chi connectivity index (χ2n) is 2.87. The van der Waals surface area contributed by atoms with Gasteiger partial charge in [-0.2, -0.15) is 0 Å². The van der Waals surface area contributed by atoms with Crippen LogP contribution < -0.4 is 0 Å². The van der Waals surface area contributed by atoms with Crippen LogP contribution in [0.25, 0.3) is 0 Å². The van der Waals surface area contributed by atoms with Crippen LogP contribution in [-0.2, 0) is 0 Å². The molecule has 2 aliphatic rings. The fourth-order valence-corrected chi connectivity index (χ4v) is 1.59. The Morgan fingerprint density at radius 2 is 2.50 bits per heavy atom. The van der Waals surface area contributed by atoms with Crippen molar-refractivity contribution in [1.82, 2.24) is 4.90 Å². The van der Waals surface area contributed by atoms with Gasteiger partial charge in [0, 0.05) is 12.2 Å². The van der Waals surface area contributed by atoms with Gasteiger partial charge in [0.05, 0.1) is 6.54 Å². The minimum Gasteiger partial charge on any atom is -0.368 e. The first kappa shape index (κ1) is 5.96. The monoisotopic (exact) mass is 139 g/mol. The molecule has 0 amide bonds. The van der Waals surface area contributed by atoms with Crippen LogP contribution >= 0.6 is 0 Å². The molecule has 1 nitrogen and oxygen atoms in total. The normalized spacial score (nSPS) is 30.9. The Labute approximate surface area is 59.8 Å². The number of alkyl halides is 1. The molecular formula is C8H10FN. The van der Waals surface area contributed by atoms with Crippen LogP contribution in [0.15, 0.2) is 23.9 Å². The van der Waals surface area contributed by atoms with Gasteiger partial charge in [0.2, 0.25) is 0 Å². The Bertz CT molecular complexity index is 207. The smallest absolute Gasteiger partial charge is 0.138 e. The third-order valence-corrected chi connectivity index (χ3v) is 2.12. The molecule has 2 rings (SSSR count). The average Bonchev–Trinajstić information content (AvgIpc) is 2.35. The number of halogens is 1. The summed E-state index contributed by atoms with van der Waals surface area (Å²) in [5.74, 6) is 0. The Morgan fingerprint density at radius 3 is 3.20 bits per heavy atom. The highest BCUT2D eigenvalue weighted by molar-refractivity contribution is 5.35. The SMILES string of the molecule is C=C1CCN2C[C@H](F)C=C12. The summed E-state index contributed by atoms with van der Waals surface area (Å²) in [6, 6.07) is 0. The van der Waals surface area contributed by atoms with Crippen molar-refractivity contribution >= 4 is 0 Å². The maximum atomic E-state index is 12.7. The first-order valence-electron chi connectivity index (χ1n) is 3.56. The van der Waals surface area contributed by atoms with Gasteiger partial charge in [-0.15, -0.1) is 0 Å². The summed E-state index contributed by atoms with van der Waals surface area (Å²) in [5, 5.41) is 0. The van der Waals surface area contributed by atoms with Crippen LogP contribution in [0.2, 0.25) is 0 Å². The van der Waals surface area contributed by atoms with Crippen LogP contribution in [0.4, 0.5) is 4.39 Å². The lowest BCUT2D eigenvalue weighted by atomic mass is 10.2. The Kier molecular flexibility index (Phi) is 1.10. The van der Waals surface area contributed by atoms with Crippen LogP contribution in [0.3, 0.4) is 0 Å². The Balaban J connectivity index is 2.29. The molecule has 0 aliphatic carbocycles. The second-order valence-corrected chi connectivity index (χ2v) is 2.87. The minimum absolute atomic E-state index is 0.550. The molecule has 2 heteroatoms. The van der Waals surface area contributed by atoms with Crippen LogP contribution in [0, 0.1) is 0 Å². The first-order valence-corrected chi connectivity index (χ1v) is 3.56. The van der Waals surface area contributed by atoms with Gasteiger partial charge in [-0.3, -0.25) is 0 Å². The number of rotatable bonds is 0. The fourth-order valence-electron chi connectivity index (χ4n) is 1.59. The van der Waals surface area contributed by atoms with E-state index in [4.69, 9.17) is 0 Å². The zero-order valence-corrected chi connectivity index (χ0v) is 5.81. The van der Waals surface area contributed by atoms with Crippen LogP contribution in [0.1, 0.15) is 6.42 Å². The number of allylic oxidation sites excluding steroid dienone is 1. The lowest BCUT2D eigenvalue weighted by Gasteiger charge is -2.11. The number of fused-ring (bicyclic) bond motifs is 1. The maximum Gasteiger partial charge on any atom is 0.138 e. The van der Waals surface area contributed by atoms with Crippen molar-refractivity contribution in [2.45, 2.75) is 12.6 Å². The van der Waals surface area contributed by atoms with E-state index in [1.165, 1.54) is 0 Å². The molecule has 1 saturated heterocycles. The highest BCUT2D eigenvalue weighted by atomic mass is 19.1. The highest BCUT2D eigenvalue weighted by Crippen LogP contribution is 2.31. The average molecular weight is 139 g/mol. The van der Waals surface area contributed by atoms with E-state index in [0.29, 0.717) is 6.54 Å². The summed E-state index contributed by atoms with van der Waals surface area (Å²) < 4.78 is 12.7. The van der Waals surface area contributed by atoms with Crippen molar-refractivity contribution in [3.8, 4) is 0 Å². The fraction of sp³-hybridized carbons (Fsp3) is 0.500. The van der Waals surface area contributed by atoms with Crippen molar-refractivity contribution in [2.75, 3.05) is 13.1 Å². The summed E-state index contributed by atoms with van der Waals surface area (Å²) in [4.78, 5) is 2.06. The predicted molar refractivity (Wildman–Crippen MR) is 38.3 cm³/mol. The molecule has 54 valence electrons. The summed E-state index contributed by atoms with van der Waals surface area (Å²) in [7, 11) is 0. The molecule has 0 aromatic rings. The standard InChI is InChI=1S/C8H10FN/c1-6-2-3-10-5-7(9)4-8(6)10/h4,7H,1-3,5H2/t7-/m1/s1. The van der Waals surface area contributed by atoms with E-state index >= 15 is 0 Å². The van der Waals surface area contributed by atoms with E-state index in [1.807, 2.05) is 0 Å². The molecule has 10 heavy (non-hydrogen) atoms. The molecule has 0 aromatic carbocycles. The highest BCUT2D eigenvalue weighted by Gasteiger charge is 2.28. The number of hydrogen-bond donors (Lipinski definition) is 0. The number of hydrogen-bond acceptors (Lipinski definition) is 1. The van der Waals surface area contributed by atoms with Crippen LogP contribution in [0.5, 0.6) is 0 Å². The zero-order chi connectivity index (χ0) is 7.14. The third-order valence-electron chi connectivity index (χ3n) is 2.12. The summed E-state index contributed by atoms with van der Waals surface area (Å²) in [5.41, 5.74) is 2.15. The van der Waals surface area contributed by atoms with E-state index in [-0.39, 0.29) is 0 Å². The van der Waals surface area contributed by atoms with Gasteiger partial charge in [-0.05, 0) is 18.1 Å². The van der Waals surface area contributed by atoms with Gasteiger partial charge in [-0.1, -0.05) is 6.58 Å². The molecule has 0 aromatic heterocycles. The quantitative estimate of drug-likeness (QED) is 0.491. The lowest BCUT2D eigenvalue weighted by Crippen LogP contribution is -2.17. The minimum atomic E-state index is -0.757. The molecule has 0 saturated carbocycles. The van der Waals surface area contributed by atoms with Gasteiger partial charge in [0.25, 0.3) is 0 Å². The summed E-state index contributed by atoms with van der Waals surface area (Å²) >= 11 is 0. The van der Waals surface area contributed by atoms with E-state index < -0.39 is 6.17 Å². The van der Waals surface area contributed by atoms with Gasteiger partial charge in [0.15, 0.2) is 0 Å². The van der Waals surface area contributed by atoms with Crippen LogP contribution in [-0.4, -0.2) is 24.2 Å². The van der Waals surface area contributed by atoms with Gasteiger partial charge < -0.3 is 4.90 Å². The summed E-state index contributed by atoms with van der Waals surface area (Å²) in [6.07, 6.45) is 1.93. The van der Waals surface area contributed by atoms with Gasteiger partial charge in [0.1, 0.15) is 6.17 Å². The van der Waals surface area contributed by atoms with E-state index in [0.717, 1.165) is 24.2 Å². The molecule has 0 N–H and O–H groups in total. The van der Waals surface area contributed by atoms with Gasteiger partial charge in [-0.25, -0.2) is 4.39 Å². The maximum absolute atomic E-state index is 12.7.